The van der Waals surface area contributed by atoms with Gasteiger partial charge in [0, 0.05) is 48.5 Å². The maximum Gasteiger partial charge on any atom is 0.202 e. The topological polar surface area (TPSA) is 239 Å². The third-order valence-electron chi connectivity index (χ3n) is 12.7. The summed E-state index contributed by atoms with van der Waals surface area (Å²) < 4.78 is 22.8. The zero-order chi connectivity index (χ0) is 49.0. The van der Waals surface area contributed by atoms with Gasteiger partial charge in [-0.1, -0.05) is 73.7 Å². The smallest absolute Gasteiger partial charge is 0.202 e. The van der Waals surface area contributed by atoms with Crippen molar-refractivity contribution in [2.75, 3.05) is 41.0 Å². The number of aromatic hydroxyl groups is 3. The number of fused-ring (bicyclic) bond motifs is 3. The molecule has 8 N–H and O–H groups in total. The number of phenols is 3. The fourth-order valence-electron chi connectivity index (χ4n) is 9.16. The van der Waals surface area contributed by atoms with Crippen molar-refractivity contribution in [1.82, 2.24) is 4.90 Å². The molecule has 0 amide bonds. The van der Waals surface area contributed by atoms with Crippen LogP contribution < -0.4 is 15.2 Å². The second-order valence-electron chi connectivity index (χ2n) is 17.5. The molecule has 3 aliphatic rings. The lowest BCUT2D eigenvalue weighted by atomic mass is 9.72. The quantitative estimate of drug-likeness (QED) is 0.0543. The number of Topliss-reactive ketones (excluding diaryl/α,β-unsaturated/α-hetero) is 1. The normalized spacial score (nSPS) is 22.2. The van der Waals surface area contributed by atoms with Crippen LogP contribution in [0.5, 0.6) is 28.7 Å². The number of methoxy groups -OCH3 is 1. The van der Waals surface area contributed by atoms with Gasteiger partial charge in [-0.3, -0.25) is 14.4 Å². The highest BCUT2D eigenvalue weighted by Gasteiger charge is 2.50. The number of rotatable bonds is 13. The van der Waals surface area contributed by atoms with Gasteiger partial charge in [0.15, 0.2) is 17.9 Å². The van der Waals surface area contributed by atoms with Crippen LogP contribution in [0.1, 0.15) is 98.9 Å². The molecule has 1 aliphatic heterocycles. The fourth-order valence-corrected chi connectivity index (χ4v) is 9.16. The Balaban J connectivity index is 0.000000211. The van der Waals surface area contributed by atoms with Crippen molar-refractivity contribution in [3.8, 4) is 28.7 Å². The molecule has 0 unspecified atom stereocenters. The van der Waals surface area contributed by atoms with Crippen LogP contribution >= 0.6 is 0 Å². The molecule has 0 saturated carbocycles. The molecule has 0 radical (unpaired) electrons. The van der Waals surface area contributed by atoms with Crippen molar-refractivity contribution in [1.29, 1.82) is 0 Å². The summed E-state index contributed by atoms with van der Waals surface area (Å²) in [4.78, 5) is 41.8. The number of likely N-dealkylation sites (N-methyl/N-ethyl adjacent to an activating group) is 1. The molecule has 1 saturated heterocycles. The van der Waals surface area contributed by atoms with Crippen LogP contribution in [0.25, 0.3) is 11.1 Å². The number of allylic oxidation sites excluding steroid dienone is 1. The number of nitrogens with two attached hydrogens (primary N) is 1. The van der Waals surface area contributed by atoms with Gasteiger partial charge in [-0.15, -0.1) is 0 Å². The highest BCUT2D eigenvalue weighted by atomic mass is 16.7. The van der Waals surface area contributed by atoms with Gasteiger partial charge in [0.2, 0.25) is 5.78 Å². The van der Waals surface area contributed by atoms with E-state index in [2.05, 4.69) is 54.3 Å². The number of carbonyl (C=O) groups excluding carboxylic acids is 3. The molecule has 1 fully saturated rings. The van der Waals surface area contributed by atoms with Crippen LogP contribution in [-0.2, 0) is 20.7 Å². The molecular weight excluding hydrogens is 873 g/mol. The molecule has 0 bridgehead atoms. The number of nitrogens with zero attached hydrogens (tertiary/aromatic N) is 1. The Morgan fingerprint density at radius 1 is 0.868 bits per heavy atom. The van der Waals surface area contributed by atoms with Crippen LogP contribution in [0, 0.1) is 0 Å². The number of carbonyl (C=O) groups is 3. The largest absolute Gasteiger partial charge is 0.508 e. The first kappa shape index (κ1) is 49.5. The average molecular weight is 931 g/mol. The molecule has 358 valence electrons. The molecular formula is C53H58N2O13. The van der Waals surface area contributed by atoms with Crippen LogP contribution in [0.3, 0.4) is 0 Å². The minimum Gasteiger partial charge on any atom is -0.508 e. The number of ketones is 3. The minimum absolute atomic E-state index is 0.0173. The van der Waals surface area contributed by atoms with E-state index in [0.717, 1.165) is 35.4 Å². The summed E-state index contributed by atoms with van der Waals surface area (Å²) in [5, 5.41) is 63.8. The van der Waals surface area contributed by atoms with E-state index < -0.39 is 95.7 Å². The van der Waals surface area contributed by atoms with E-state index >= 15 is 0 Å². The van der Waals surface area contributed by atoms with Gasteiger partial charge in [0.25, 0.3) is 0 Å². The van der Waals surface area contributed by atoms with Crippen LogP contribution in [-0.4, -0.2) is 124 Å². The van der Waals surface area contributed by atoms with Gasteiger partial charge in [0.1, 0.15) is 47.6 Å². The molecule has 5 aromatic carbocycles. The lowest BCUT2D eigenvalue weighted by molar-refractivity contribution is -0.247. The van der Waals surface area contributed by atoms with Gasteiger partial charge in [0.05, 0.1) is 42.1 Å². The summed E-state index contributed by atoms with van der Waals surface area (Å²) in [5.41, 5.74) is 8.06. The summed E-state index contributed by atoms with van der Waals surface area (Å²) in [6.07, 6.45) is -4.24. The summed E-state index contributed by atoms with van der Waals surface area (Å²) >= 11 is 0. The average Bonchev–Trinajstić information content (AvgIpc) is 3.32. The van der Waals surface area contributed by atoms with Crippen LogP contribution in [0.4, 0.5) is 0 Å². The number of phenolic OH excluding ortho intramolecular Hbond substituents is 3. The standard InChI is InChI=1S/C27H29NO11.C26H29NO2/c1-10-22(31)13(28)6-17(38-10)39-15-8-27(36,16(30)9-29)7-12-19(15)26(35)21-20(24(12)33)23(32)11-4-3-5-14(37-2)18(11)25(21)34;1-4-25(20-9-6-5-7-10-20)26(22-11-8-12-23(28)19-22)21-13-15-24(16-14-21)29-18-17-27(2)3/h3-5,10,13,15,17,22,29,31,33,35-36H,6-9,28H2,1-2H3;5-16,19,28H,4,17-18H2,1-3H3/b;26-25+/t10-,13-,15-,17-,22+,27-;/m0./s1. The number of aliphatic hydroxyl groups excluding tert-OH is 2. The van der Waals surface area contributed by atoms with Gasteiger partial charge in [-0.05, 0) is 85.6 Å². The monoisotopic (exact) mass is 930 g/mol. The molecule has 2 aliphatic carbocycles. The Bertz CT molecular complexity index is 2690. The van der Waals surface area contributed by atoms with Crippen molar-refractivity contribution in [2.24, 2.45) is 5.73 Å². The third kappa shape index (κ3) is 9.91. The van der Waals surface area contributed by atoms with Gasteiger partial charge in [-0.25, -0.2) is 0 Å². The Labute approximate surface area is 394 Å². The number of hydrogen-bond acceptors (Lipinski definition) is 15. The van der Waals surface area contributed by atoms with Crippen molar-refractivity contribution in [2.45, 2.75) is 75.8 Å². The third-order valence-corrected chi connectivity index (χ3v) is 12.7. The highest BCUT2D eigenvalue weighted by molar-refractivity contribution is 6.31. The zero-order valence-electron chi connectivity index (χ0n) is 38.6. The summed E-state index contributed by atoms with van der Waals surface area (Å²) in [6.45, 7) is 4.27. The van der Waals surface area contributed by atoms with Crippen LogP contribution in [0.15, 0.2) is 97.1 Å². The van der Waals surface area contributed by atoms with Gasteiger partial charge in [-0.2, -0.15) is 0 Å². The molecule has 6 atom stereocenters. The second-order valence-corrected chi connectivity index (χ2v) is 17.5. The molecule has 0 aromatic heterocycles. The van der Waals surface area contributed by atoms with E-state index in [4.69, 9.17) is 24.7 Å². The number of aliphatic hydroxyl groups is 3. The summed E-state index contributed by atoms with van der Waals surface area (Å²) in [6, 6.07) is 29.8. The Morgan fingerprint density at radius 3 is 2.18 bits per heavy atom. The molecule has 15 nitrogen and oxygen atoms in total. The van der Waals surface area contributed by atoms with E-state index in [0.29, 0.717) is 6.61 Å². The van der Waals surface area contributed by atoms with Crippen molar-refractivity contribution in [3.05, 3.63) is 147 Å². The first-order valence-corrected chi connectivity index (χ1v) is 22.5. The predicted molar refractivity (Wildman–Crippen MR) is 253 cm³/mol. The Kier molecular flexibility index (Phi) is 15.2. The van der Waals surface area contributed by atoms with Crippen molar-refractivity contribution in [3.63, 3.8) is 0 Å². The van der Waals surface area contributed by atoms with E-state index in [9.17, 15) is 45.0 Å². The Hall–Kier alpha value is -6.43. The molecule has 8 rings (SSSR count). The lowest BCUT2D eigenvalue weighted by Crippen LogP contribution is -2.53. The van der Waals surface area contributed by atoms with E-state index in [1.165, 1.54) is 36.4 Å². The van der Waals surface area contributed by atoms with Gasteiger partial charge < -0.3 is 60.2 Å². The van der Waals surface area contributed by atoms with Gasteiger partial charge >= 0.3 is 0 Å². The number of hydrogen-bond donors (Lipinski definition) is 7. The van der Waals surface area contributed by atoms with E-state index in [1.807, 2.05) is 44.4 Å². The van der Waals surface area contributed by atoms with Crippen LogP contribution in [0.2, 0.25) is 0 Å². The molecule has 1 heterocycles. The van der Waals surface area contributed by atoms with E-state index in [-0.39, 0.29) is 40.2 Å². The first-order valence-electron chi connectivity index (χ1n) is 22.5. The predicted octanol–water partition coefficient (Wildman–Crippen LogP) is 5.70. The molecule has 68 heavy (non-hydrogen) atoms. The van der Waals surface area contributed by atoms with E-state index in [1.54, 1.807) is 13.0 Å². The lowest BCUT2D eigenvalue weighted by Gasteiger charge is -2.42. The maximum absolute atomic E-state index is 13.6. The summed E-state index contributed by atoms with van der Waals surface area (Å²) in [5.74, 6) is -2.64. The maximum atomic E-state index is 13.6. The number of benzene rings is 5. The minimum atomic E-state index is -2.24. The summed E-state index contributed by atoms with van der Waals surface area (Å²) in [7, 11) is 5.39. The fraction of sp³-hybridized carbons (Fsp3) is 0.340. The first-order chi connectivity index (χ1) is 32.5. The highest BCUT2D eigenvalue weighted by Crippen LogP contribution is 2.52. The molecule has 5 aromatic rings. The molecule has 0 spiro atoms. The number of ether oxygens (including phenoxy) is 4. The van der Waals surface area contributed by atoms with Crippen molar-refractivity contribution < 1.29 is 64.0 Å². The van der Waals surface area contributed by atoms with Crippen molar-refractivity contribution >= 4 is 28.5 Å². The zero-order valence-corrected chi connectivity index (χ0v) is 38.6. The second kappa shape index (κ2) is 20.8. The SMILES string of the molecule is CC/C(=C(/c1ccc(OCCN(C)C)cc1)c1cccc(O)c1)c1ccccc1.COc1cccc2c1C(=O)c1c(O)c3c(c(O)c1C2=O)C[C@@](O)(C(=O)CO)C[C@@H]3O[C@H]1C[C@H](N)[C@H](O)[C@H](C)O1. The Morgan fingerprint density at radius 2 is 1.54 bits per heavy atom. The molecule has 15 heteroatoms.